The van der Waals surface area contributed by atoms with Crippen LogP contribution < -0.4 is 5.32 Å². The summed E-state index contributed by atoms with van der Waals surface area (Å²) in [6, 6.07) is 9.12. The lowest BCUT2D eigenvalue weighted by Gasteiger charge is -2.18. The number of likely N-dealkylation sites (N-methyl/N-ethyl adjacent to an activating group) is 1. The second kappa shape index (κ2) is 6.82. The van der Waals surface area contributed by atoms with Gasteiger partial charge >= 0.3 is 0 Å². The minimum Gasteiger partial charge on any atom is -0.310 e. The Morgan fingerprint density at radius 1 is 1.30 bits per heavy atom. The van der Waals surface area contributed by atoms with Gasteiger partial charge in [-0.1, -0.05) is 30.7 Å². The predicted molar refractivity (Wildman–Crippen MR) is 80.5 cm³/mol. The van der Waals surface area contributed by atoms with Gasteiger partial charge in [0.25, 0.3) is 0 Å². The monoisotopic (exact) mass is 292 g/mol. The van der Waals surface area contributed by atoms with Crippen LogP contribution in [-0.2, 0) is 6.42 Å². The number of rotatable bonds is 5. The number of nitrogens with zero attached hydrogens (tertiary/aromatic N) is 1. The molecule has 0 aliphatic rings. The predicted octanol–water partition coefficient (Wildman–Crippen LogP) is 4.08. The van der Waals surface area contributed by atoms with E-state index in [2.05, 4.69) is 23.3 Å². The quantitative estimate of drug-likeness (QED) is 0.898. The Bertz CT molecular complexity index is 569. The second-order valence-electron chi connectivity index (χ2n) is 4.80. The van der Waals surface area contributed by atoms with Gasteiger partial charge in [-0.15, -0.1) is 0 Å². The maximum atomic E-state index is 13.5. The van der Waals surface area contributed by atoms with Gasteiger partial charge in [-0.2, -0.15) is 0 Å². The lowest BCUT2D eigenvalue weighted by atomic mass is 10.00. The van der Waals surface area contributed by atoms with Crippen LogP contribution in [0, 0.1) is 12.7 Å². The number of aromatic nitrogens is 1. The molecule has 0 aliphatic heterocycles. The first-order valence-corrected chi connectivity index (χ1v) is 7.07. The molecule has 4 heteroatoms. The van der Waals surface area contributed by atoms with E-state index in [-0.39, 0.29) is 16.9 Å². The number of nitrogens with one attached hydrogen (secondary N) is 1. The number of hydrogen-bond donors (Lipinski definition) is 1. The molecule has 0 radical (unpaired) electrons. The van der Waals surface area contributed by atoms with Gasteiger partial charge in [0, 0.05) is 17.9 Å². The fraction of sp³-hybridized carbons (Fsp3) is 0.312. The van der Waals surface area contributed by atoms with Crippen LogP contribution in [0.2, 0.25) is 5.02 Å². The van der Waals surface area contributed by atoms with Gasteiger partial charge in [-0.3, -0.25) is 4.98 Å². The molecule has 2 nitrogen and oxygen atoms in total. The lowest BCUT2D eigenvalue weighted by molar-refractivity contribution is 0.545. The molecule has 2 rings (SSSR count). The summed E-state index contributed by atoms with van der Waals surface area (Å²) in [7, 11) is 0. The number of benzene rings is 1. The molecule has 0 spiro atoms. The Labute approximate surface area is 124 Å². The Morgan fingerprint density at radius 3 is 2.70 bits per heavy atom. The number of halogens is 2. The zero-order valence-electron chi connectivity index (χ0n) is 11.7. The summed E-state index contributed by atoms with van der Waals surface area (Å²) in [5, 5.41) is 3.56. The smallest absolute Gasteiger partial charge is 0.142 e. The maximum absolute atomic E-state index is 13.5. The van der Waals surface area contributed by atoms with Crippen molar-refractivity contribution in [3.63, 3.8) is 0 Å². The van der Waals surface area contributed by atoms with E-state index in [0.717, 1.165) is 23.4 Å². The Hall–Kier alpha value is -1.45. The van der Waals surface area contributed by atoms with Crippen molar-refractivity contribution in [1.29, 1.82) is 0 Å². The van der Waals surface area contributed by atoms with Crippen molar-refractivity contribution in [1.82, 2.24) is 10.3 Å². The summed E-state index contributed by atoms with van der Waals surface area (Å²) in [5.74, 6) is -0.374. The van der Waals surface area contributed by atoms with Crippen LogP contribution >= 0.6 is 11.6 Å². The first-order valence-electron chi connectivity index (χ1n) is 6.70. The van der Waals surface area contributed by atoms with Crippen molar-refractivity contribution in [2.45, 2.75) is 26.3 Å². The van der Waals surface area contributed by atoms with Crippen LogP contribution in [0.3, 0.4) is 0 Å². The highest BCUT2D eigenvalue weighted by Crippen LogP contribution is 2.21. The molecule has 1 atom stereocenters. The van der Waals surface area contributed by atoms with Gasteiger partial charge in [-0.25, -0.2) is 4.39 Å². The van der Waals surface area contributed by atoms with Crippen LogP contribution in [0.4, 0.5) is 4.39 Å². The largest absolute Gasteiger partial charge is 0.310 e. The van der Waals surface area contributed by atoms with Gasteiger partial charge in [-0.05, 0) is 49.2 Å². The Kier molecular flexibility index (Phi) is 5.10. The van der Waals surface area contributed by atoms with Crippen LogP contribution in [0.1, 0.15) is 29.8 Å². The molecular weight excluding hydrogens is 275 g/mol. The molecule has 0 fully saturated rings. The summed E-state index contributed by atoms with van der Waals surface area (Å²) in [5.41, 5.74) is 3.01. The molecule has 1 N–H and O–H groups in total. The molecular formula is C16H18ClFN2. The molecule has 0 amide bonds. The molecule has 0 aliphatic carbocycles. The average Bonchev–Trinajstić information content (AvgIpc) is 2.43. The van der Waals surface area contributed by atoms with E-state index in [1.165, 1.54) is 6.07 Å². The van der Waals surface area contributed by atoms with E-state index in [4.69, 9.17) is 11.6 Å². The highest BCUT2D eigenvalue weighted by atomic mass is 35.5. The molecule has 0 saturated carbocycles. The summed E-state index contributed by atoms with van der Waals surface area (Å²) < 4.78 is 13.5. The van der Waals surface area contributed by atoms with Crippen LogP contribution in [0.5, 0.6) is 0 Å². The fourth-order valence-corrected chi connectivity index (χ4v) is 2.26. The lowest BCUT2D eigenvalue weighted by Crippen LogP contribution is -2.23. The maximum Gasteiger partial charge on any atom is 0.142 e. The van der Waals surface area contributed by atoms with Gasteiger partial charge < -0.3 is 5.32 Å². The van der Waals surface area contributed by atoms with E-state index in [1.807, 2.05) is 25.3 Å². The van der Waals surface area contributed by atoms with Crippen LogP contribution in [0.15, 0.2) is 36.5 Å². The number of pyridine rings is 1. The molecule has 20 heavy (non-hydrogen) atoms. The Morgan fingerprint density at radius 2 is 2.10 bits per heavy atom. The summed E-state index contributed by atoms with van der Waals surface area (Å²) in [4.78, 5) is 4.32. The molecule has 106 valence electrons. The zero-order chi connectivity index (χ0) is 14.5. The van der Waals surface area contributed by atoms with E-state index < -0.39 is 0 Å². The molecule has 2 aromatic rings. The first kappa shape index (κ1) is 14.9. The molecule has 0 saturated heterocycles. The van der Waals surface area contributed by atoms with E-state index in [9.17, 15) is 4.39 Å². The zero-order valence-corrected chi connectivity index (χ0v) is 12.4. The molecule has 0 bridgehead atoms. The van der Waals surface area contributed by atoms with Crippen molar-refractivity contribution in [2.24, 2.45) is 0 Å². The van der Waals surface area contributed by atoms with Gasteiger partial charge in [0.05, 0.1) is 5.02 Å². The first-order chi connectivity index (χ1) is 9.60. The van der Waals surface area contributed by atoms with Crippen LogP contribution in [-0.4, -0.2) is 11.5 Å². The molecule has 1 unspecified atom stereocenters. The number of hydrogen-bond acceptors (Lipinski definition) is 2. The second-order valence-corrected chi connectivity index (χ2v) is 5.20. The third-order valence-corrected chi connectivity index (χ3v) is 3.52. The van der Waals surface area contributed by atoms with Gasteiger partial charge in [0.1, 0.15) is 5.82 Å². The van der Waals surface area contributed by atoms with Crippen molar-refractivity contribution >= 4 is 11.6 Å². The fourth-order valence-electron chi connectivity index (χ4n) is 2.14. The van der Waals surface area contributed by atoms with Gasteiger partial charge in [0.2, 0.25) is 0 Å². The summed E-state index contributed by atoms with van der Waals surface area (Å²) in [6.07, 6.45) is 2.57. The van der Waals surface area contributed by atoms with E-state index in [1.54, 1.807) is 6.07 Å². The van der Waals surface area contributed by atoms with Crippen molar-refractivity contribution in [3.8, 4) is 0 Å². The van der Waals surface area contributed by atoms with Crippen molar-refractivity contribution in [2.75, 3.05) is 6.54 Å². The third-order valence-electron chi connectivity index (χ3n) is 3.21. The topological polar surface area (TPSA) is 24.9 Å². The molecule has 1 aromatic heterocycles. The van der Waals surface area contributed by atoms with E-state index in [0.29, 0.717) is 6.42 Å². The average molecular weight is 293 g/mol. The standard InChI is InChI=1S/C16H18ClFN2/c1-3-19-16(13-6-4-11(2)20-10-13)9-12-5-7-14(17)15(18)8-12/h4-8,10,16,19H,3,9H2,1-2H3. The summed E-state index contributed by atoms with van der Waals surface area (Å²) >= 11 is 5.71. The summed E-state index contributed by atoms with van der Waals surface area (Å²) in [6.45, 7) is 4.85. The number of aryl methyl sites for hydroxylation is 1. The van der Waals surface area contributed by atoms with Crippen molar-refractivity contribution < 1.29 is 4.39 Å². The van der Waals surface area contributed by atoms with Gasteiger partial charge in [0.15, 0.2) is 0 Å². The third kappa shape index (κ3) is 3.78. The van der Waals surface area contributed by atoms with Crippen molar-refractivity contribution in [3.05, 3.63) is 64.2 Å². The SMILES string of the molecule is CCNC(Cc1ccc(Cl)c(F)c1)c1ccc(C)nc1. The van der Waals surface area contributed by atoms with Crippen LogP contribution in [0.25, 0.3) is 0 Å². The minimum atomic E-state index is -0.374. The normalized spacial score (nSPS) is 12.4. The highest BCUT2D eigenvalue weighted by molar-refractivity contribution is 6.30. The molecule has 1 aromatic carbocycles. The molecule has 1 heterocycles. The Balaban J connectivity index is 2.20. The highest BCUT2D eigenvalue weighted by Gasteiger charge is 2.12. The minimum absolute atomic E-state index is 0.119. The van der Waals surface area contributed by atoms with E-state index >= 15 is 0 Å².